The van der Waals surface area contributed by atoms with E-state index in [0.29, 0.717) is 58.0 Å². The Balaban J connectivity index is 1.37. The third kappa shape index (κ3) is 6.41. The molecule has 2 fully saturated rings. The zero-order valence-electron chi connectivity index (χ0n) is 17.6. The van der Waals surface area contributed by atoms with Crippen molar-refractivity contribution < 1.29 is 22.7 Å². The van der Waals surface area contributed by atoms with Gasteiger partial charge in [0.2, 0.25) is 10.0 Å². The normalized spacial score (nSPS) is 23.1. The van der Waals surface area contributed by atoms with Crippen molar-refractivity contribution in [1.29, 1.82) is 0 Å². The van der Waals surface area contributed by atoms with Crippen molar-refractivity contribution in [3.05, 3.63) is 29.8 Å². The monoisotopic (exact) mass is 439 g/mol. The molecule has 3 rings (SSSR count). The molecule has 0 bridgehead atoms. The average molecular weight is 440 g/mol. The van der Waals surface area contributed by atoms with Gasteiger partial charge in [-0.15, -0.1) is 0 Å². The molecule has 0 aromatic heterocycles. The lowest BCUT2D eigenvalue weighted by atomic mass is 9.88. The van der Waals surface area contributed by atoms with E-state index in [4.69, 9.17) is 9.47 Å². The Morgan fingerprint density at radius 3 is 2.53 bits per heavy atom. The van der Waals surface area contributed by atoms with Gasteiger partial charge in [0.15, 0.2) is 0 Å². The summed E-state index contributed by atoms with van der Waals surface area (Å²) >= 11 is 0. The van der Waals surface area contributed by atoms with Crippen LogP contribution in [-0.4, -0.2) is 64.3 Å². The van der Waals surface area contributed by atoms with E-state index < -0.39 is 10.0 Å². The molecule has 8 nitrogen and oxygen atoms in total. The maximum atomic E-state index is 12.6. The van der Waals surface area contributed by atoms with Gasteiger partial charge >= 0.3 is 6.03 Å². The molecule has 168 valence electrons. The molecule has 2 unspecified atom stereocenters. The number of morpholine rings is 1. The number of amides is 2. The second-order valence-corrected chi connectivity index (χ2v) is 9.88. The van der Waals surface area contributed by atoms with Crippen molar-refractivity contribution >= 4 is 16.1 Å². The van der Waals surface area contributed by atoms with E-state index in [1.807, 2.05) is 0 Å². The molecule has 0 radical (unpaired) electrons. The molecule has 1 aromatic carbocycles. The number of hydrogen-bond acceptors (Lipinski definition) is 5. The number of benzene rings is 1. The van der Waals surface area contributed by atoms with Gasteiger partial charge < -0.3 is 20.1 Å². The van der Waals surface area contributed by atoms with Crippen LogP contribution in [-0.2, 0) is 26.0 Å². The zero-order chi connectivity index (χ0) is 21.4. The van der Waals surface area contributed by atoms with Crippen LogP contribution in [0, 0.1) is 5.92 Å². The molecule has 2 N–H and O–H groups in total. The smallest absolute Gasteiger partial charge is 0.315 e. The second kappa shape index (κ2) is 11.1. The zero-order valence-corrected chi connectivity index (χ0v) is 18.5. The summed E-state index contributed by atoms with van der Waals surface area (Å²) in [7, 11) is -3.50. The van der Waals surface area contributed by atoms with E-state index in [9.17, 15) is 13.2 Å². The van der Waals surface area contributed by atoms with Gasteiger partial charge in [0.25, 0.3) is 0 Å². The van der Waals surface area contributed by atoms with Crippen LogP contribution >= 0.6 is 0 Å². The van der Waals surface area contributed by atoms with Gasteiger partial charge in [-0.25, -0.2) is 13.2 Å². The van der Waals surface area contributed by atoms with Gasteiger partial charge in [-0.1, -0.05) is 31.9 Å². The van der Waals surface area contributed by atoms with Crippen LogP contribution in [0.2, 0.25) is 0 Å². The Hall–Kier alpha value is -1.68. The Kier molecular flexibility index (Phi) is 8.50. The highest BCUT2D eigenvalue weighted by Crippen LogP contribution is 2.26. The molecule has 1 saturated heterocycles. The maximum absolute atomic E-state index is 12.6. The molecular formula is C21H33N3O5S. The van der Waals surface area contributed by atoms with Crippen LogP contribution in [0.1, 0.15) is 38.2 Å². The number of rotatable bonds is 8. The van der Waals surface area contributed by atoms with E-state index >= 15 is 0 Å². The summed E-state index contributed by atoms with van der Waals surface area (Å²) in [5, 5.41) is 5.58. The first kappa shape index (κ1) is 23.0. The number of nitrogens with zero attached hydrogens (tertiary/aromatic N) is 1. The van der Waals surface area contributed by atoms with E-state index in [-0.39, 0.29) is 10.9 Å². The van der Waals surface area contributed by atoms with Gasteiger partial charge in [-0.05, 0) is 36.5 Å². The van der Waals surface area contributed by atoms with Gasteiger partial charge in [0.05, 0.1) is 30.8 Å². The molecule has 2 amide bonds. The highest BCUT2D eigenvalue weighted by atomic mass is 32.2. The predicted molar refractivity (Wildman–Crippen MR) is 114 cm³/mol. The van der Waals surface area contributed by atoms with E-state index in [0.717, 1.165) is 12.0 Å². The minimum atomic E-state index is -3.50. The molecule has 2 atom stereocenters. The van der Waals surface area contributed by atoms with Gasteiger partial charge in [0, 0.05) is 26.2 Å². The number of ether oxygens (including phenoxy) is 2. The SMILES string of the molecule is CC1CCCCC1OCCNC(=O)NCc1ccc(S(=O)(=O)N2CCOCC2)cc1. The fourth-order valence-electron chi connectivity index (χ4n) is 3.86. The standard InChI is InChI=1S/C21H33N3O5S/c1-17-4-2-3-5-20(17)29-13-10-22-21(25)23-16-18-6-8-19(9-7-18)30(26,27)24-11-14-28-15-12-24/h6-9,17,20H,2-5,10-16H2,1H3,(H2,22,23,25). The highest BCUT2D eigenvalue weighted by molar-refractivity contribution is 7.89. The molecular weight excluding hydrogens is 406 g/mol. The fraction of sp³-hybridized carbons (Fsp3) is 0.667. The summed E-state index contributed by atoms with van der Waals surface area (Å²) in [5.41, 5.74) is 0.832. The number of urea groups is 1. The quantitative estimate of drug-likeness (QED) is 0.605. The van der Waals surface area contributed by atoms with Gasteiger partial charge in [-0.3, -0.25) is 0 Å². The molecule has 2 aliphatic rings. The van der Waals surface area contributed by atoms with Crippen LogP contribution in [0.3, 0.4) is 0 Å². The fourth-order valence-corrected chi connectivity index (χ4v) is 5.27. The molecule has 1 aliphatic heterocycles. The van der Waals surface area contributed by atoms with Crippen molar-refractivity contribution in [2.24, 2.45) is 5.92 Å². The summed E-state index contributed by atoms with van der Waals surface area (Å²) < 4.78 is 37.8. The average Bonchev–Trinajstić information content (AvgIpc) is 2.77. The predicted octanol–water partition coefficient (Wildman–Crippen LogP) is 2.10. The Morgan fingerprint density at radius 1 is 1.13 bits per heavy atom. The molecule has 0 spiro atoms. The molecule has 30 heavy (non-hydrogen) atoms. The van der Waals surface area contributed by atoms with E-state index in [2.05, 4.69) is 17.6 Å². The number of hydrogen-bond donors (Lipinski definition) is 2. The summed E-state index contributed by atoms with van der Waals surface area (Å²) in [4.78, 5) is 12.2. The van der Waals surface area contributed by atoms with Crippen LogP contribution in [0.5, 0.6) is 0 Å². The molecule has 1 aromatic rings. The van der Waals surface area contributed by atoms with Crippen LogP contribution in [0.4, 0.5) is 4.79 Å². The molecule has 1 saturated carbocycles. The first-order valence-corrected chi connectivity index (χ1v) is 12.2. The lowest BCUT2D eigenvalue weighted by molar-refractivity contribution is -0.00243. The lowest BCUT2D eigenvalue weighted by Gasteiger charge is -2.28. The van der Waals surface area contributed by atoms with Gasteiger partial charge in [-0.2, -0.15) is 4.31 Å². The van der Waals surface area contributed by atoms with E-state index in [1.165, 1.54) is 23.6 Å². The first-order valence-electron chi connectivity index (χ1n) is 10.8. The van der Waals surface area contributed by atoms with Crippen molar-refractivity contribution in [2.75, 3.05) is 39.5 Å². The summed E-state index contributed by atoms with van der Waals surface area (Å²) in [6, 6.07) is 6.35. The van der Waals surface area contributed by atoms with Crippen LogP contribution in [0.25, 0.3) is 0 Å². The Labute approximate surface area is 179 Å². The number of nitrogens with one attached hydrogen (secondary N) is 2. The summed E-state index contributed by atoms with van der Waals surface area (Å²) in [5.74, 6) is 0.586. The topological polar surface area (TPSA) is 97.0 Å². The third-order valence-electron chi connectivity index (χ3n) is 5.74. The van der Waals surface area contributed by atoms with Crippen molar-refractivity contribution in [3.8, 4) is 0 Å². The Bertz CT molecular complexity index is 778. The van der Waals surface area contributed by atoms with Crippen molar-refractivity contribution in [1.82, 2.24) is 14.9 Å². The summed E-state index contributed by atoms with van der Waals surface area (Å²) in [6.07, 6.45) is 5.11. The third-order valence-corrected chi connectivity index (χ3v) is 7.65. The lowest BCUT2D eigenvalue weighted by Crippen LogP contribution is -2.40. The summed E-state index contributed by atoms with van der Waals surface area (Å²) in [6.45, 7) is 5.10. The Morgan fingerprint density at radius 2 is 1.83 bits per heavy atom. The maximum Gasteiger partial charge on any atom is 0.315 e. The largest absolute Gasteiger partial charge is 0.379 e. The van der Waals surface area contributed by atoms with Crippen molar-refractivity contribution in [2.45, 2.75) is 50.2 Å². The van der Waals surface area contributed by atoms with Crippen molar-refractivity contribution in [3.63, 3.8) is 0 Å². The van der Waals surface area contributed by atoms with Crippen LogP contribution in [0.15, 0.2) is 29.2 Å². The minimum absolute atomic E-state index is 0.256. The van der Waals surface area contributed by atoms with E-state index in [1.54, 1.807) is 24.3 Å². The number of sulfonamides is 1. The minimum Gasteiger partial charge on any atom is -0.379 e. The van der Waals surface area contributed by atoms with Crippen LogP contribution < -0.4 is 10.6 Å². The number of carbonyl (C=O) groups excluding carboxylic acids is 1. The number of carbonyl (C=O) groups is 1. The first-order chi connectivity index (χ1) is 14.5. The van der Waals surface area contributed by atoms with Gasteiger partial charge in [0.1, 0.15) is 0 Å². The second-order valence-electron chi connectivity index (χ2n) is 7.94. The molecule has 1 heterocycles. The molecule has 1 aliphatic carbocycles. The molecule has 9 heteroatoms. The highest BCUT2D eigenvalue weighted by Gasteiger charge is 2.26.